The lowest BCUT2D eigenvalue weighted by atomic mass is 10.1. The van der Waals surface area contributed by atoms with Crippen LogP contribution in [0.15, 0.2) is 18.2 Å². The molecule has 1 aromatic heterocycles. The third-order valence-corrected chi connectivity index (χ3v) is 2.79. The van der Waals surface area contributed by atoms with Crippen molar-refractivity contribution in [2.75, 3.05) is 7.11 Å². The molecule has 0 saturated heterocycles. The van der Waals surface area contributed by atoms with Gasteiger partial charge in [-0.3, -0.25) is 9.78 Å². The maximum atomic E-state index is 11.6. The summed E-state index contributed by atoms with van der Waals surface area (Å²) in [5.41, 5.74) is 1.97. The number of nitrogens with zero attached hydrogens (tertiary/aromatic N) is 1. The van der Waals surface area contributed by atoms with Gasteiger partial charge in [-0.15, -0.1) is 0 Å². The molecule has 2 rings (SSSR count). The quantitative estimate of drug-likeness (QED) is 0.766. The Morgan fingerprint density at radius 1 is 1.35 bits per heavy atom. The maximum absolute atomic E-state index is 11.6. The predicted molar refractivity (Wildman–Crippen MR) is 68.0 cm³/mol. The summed E-state index contributed by atoms with van der Waals surface area (Å²) in [6.45, 7) is 3.36. The number of carbonyl (C=O) groups excluding carboxylic acids is 1. The van der Waals surface area contributed by atoms with Gasteiger partial charge in [0.1, 0.15) is 5.75 Å². The fraction of sp³-hybridized carbons (Fsp3) is 0.231. The van der Waals surface area contributed by atoms with E-state index in [2.05, 4.69) is 4.98 Å². The summed E-state index contributed by atoms with van der Waals surface area (Å²) < 4.78 is 5.29. The molecule has 1 aromatic carbocycles. The first-order chi connectivity index (χ1) is 8.02. The number of benzene rings is 1. The van der Waals surface area contributed by atoms with Crippen LogP contribution >= 0.6 is 11.6 Å². The smallest absolute Gasteiger partial charge is 0.162 e. The lowest BCUT2D eigenvalue weighted by Gasteiger charge is -2.09. The zero-order valence-electron chi connectivity index (χ0n) is 9.87. The Balaban J connectivity index is 2.93. The van der Waals surface area contributed by atoms with Gasteiger partial charge >= 0.3 is 0 Å². The van der Waals surface area contributed by atoms with Crippen molar-refractivity contribution in [2.24, 2.45) is 0 Å². The first kappa shape index (κ1) is 11.9. The van der Waals surface area contributed by atoms with Crippen LogP contribution in [0.4, 0.5) is 0 Å². The van der Waals surface area contributed by atoms with Crippen molar-refractivity contribution in [3.8, 4) is 5.75 Å². The highest BCUT2D eigenvalue weighted by Gasteiger charge is 2.13. The van der Waals surface area contributed by atoms with Crippen LogP contribution in [-0.2, 0) is 0 Å². The summed E-state index contributed by atoms with van der Waals surface area (Å²) in [5, 5.41) is 1.27. The average molecular weight is 250 g/mol. The van der Waals surface area contributed by atoms with Crippen LogP contribution in [0, 0.1) is 6.92 Å². The largest absolute Gasteiger partial charge is 0.496 e. The Morgan fingerprint density at radius 3 is 2.65 bits per heavy atom. The van der Waals surface area contributed by atoms with Gasteiger partial charge in [0.15, 0.2) is 5.78 Å². The van der Waals surface area contributed by atoms with Gasteiger partial charge in [0.2, 0.25) is 0 Å². The normalized spacial score (nSPS) is 10.6. The highest BCUT2D eigenvalue weighted by molar-refractivity contribution is 6.32. The minimum Gasteiger partial charge on any atom is -0.496 e. The van der Waals surface area contributed by atoms with E-state index in [1.165, 1.54) is 6.92 Å². The van der Waals surface area contributed by atoms with Crippen molar-refractivity contribution in [2.45, 2.75) is 13.8 Å². The summed E-state index contributed by atoms with van der Waals surface area (Å²) in [4.78, 5) is 16.0. The molecule has 0 atom stereocenters. The van der Waals surface area contributed by atoms with Gasteiger partial charge in [-0.1, -0.05) is 11.6 Å². The van der Waals surface area contributed by atoms with Gasteiger partial charge in [-0.05, 0) is 26.0 Å². The SMILES string of the molecule is COc1cc(C)nc2c(C(C)=O)cc(Cl)cc12. The number of methoxy groups -OCH3 is 1. The van der Waals surface area contributed by atoms with Crippen LogP contribution in [0.2, 0.25) is 5.02 Å². The Morgan fingerprint density at radius 2 is 2.06 bits per heavy atom. The van der Waals surface area contributed by atoms with Gasteiger partial charge in [0, 0.05) is 27.7 Å². The molecule has 1 heterocycles. The van der Waals surface area contributed by atoms with E-state index in [0.29, 0.717) is 21.9 Å². The molecule has 88 valence electrons. The molecule has 0 amide bonds. The summed E-state index contributed by atoms with van der Waals surface area (Å²) in [6, 6.07) is 5.22. The second-order valence-electron chi connectivity index (χ2n) is 3.87. The molecule has 0 bridgehead atoms. The highest BCUT2D eigenvalue weighted by Crippen LogP contribution is 2.30. The third-order valence-electron chi connectivity index (χ3n) is 2.57. The van der Waals surface area contributed by atoms with E-state index in [-0.39, 0.29) is 5.78 Å². The van der Waals surface area contributed by atoms with E-state index in [9.17, 15) is 4.79 Å². The number of hydrogen-bond donors (Lipinski definition) is 0. The lowest BCUT2D eigenvalue weighted by Crippen LogP contribution is -1.98. The Labute approximate surface area is 104 Å². The van der Waals surface area contributed by atoms with E-state index in [0.717, 1.165) is 11.1 Å². The number of fused-ring (bicyclic) bond motifs is 1. The molecule has 2 aromatic rings. The topological polar surface area (TPSA) is 39.2 Å². The third kappa shape index (κ3) is 2.11. The number of aromatic nitrogens is 1. The first-order valence-electron chi connectivity index (χ1n) is 5.18. The van der Waals surface area contributed by atoms with E-state index in [1.54, 1.807) is 19.2 Å². The van der Waals surface area contributed by atoms with Crippen LogP contribution < -0.4 is 4.74 Å². The fourth-order valence-electron chi connectivity index (χ4n) is 1.82. The molecule has 0 fully saturated rings. The van der Waals surface area contributed by atoms with E-state index >= 15 is 0 Å². The number of aryl methyl sites for hydroxylation is 1. The van der Waals surface area contributed by atoms with Crippen molar-refractivity contribution < 1.29 is 9.53 Å². The Bertz CT molecular complexity index is 608. The van der Waals surface area contributed by atoms with Crippen LogP contribution in [0.3, 0.4) is 0 Å². The van der Waals surface area contributed by atoms with E-state index < -0.39 is 0 Å². The zero-order chi connectivity index (χ0) is 12.6. The number of ether oxygens (including phenoxy) is 1. The molecular formula is C13H12ClNO2. The number of rotatable bonds is 2. The molecule has 0 aliphatic heterocycles. The monoisotopic (exact) mass is 249 g/mol. The second kappa shape index (κ2) is 4.34. The zero-order valence-corrected chi connectivity index (χ0v) is 10.6. The second-order valence-corrected chi connectivity index (χ2v) is 4.31. The van der Waals surface area contributed by atoms with Crippen molar-refractivity contribution in [1.29, 1.82) is 0 Å². The maximum Gasteiger partial charge on any atom is 0.162 e. The first-order valence-corrected chi connectivity index (χ1v) is 5.56. The summed E-state index contributed by atoms with van der Waals surface area (Å²) >= 11 is 6.00. The summed E-state index contributed by atoms with van der Waals surface area (Å²) in [7, 11) is 1.59. The van der Waals surface area contributed by atoms with Crippen LogP contribution in [0.5, 0.6) is 5.75 Å². The van der Waals surface area contributed by atoms with Gasteiger partial charge < -0.3 is 4.74 Å². The Kier molecular flexibility index (Phi) is 3.03. The molecule has 17 heavy (non-hydrogen) atoms. The van der Waals surface area contributed by atoms with Gasteiger partial charge in [0.05, 0.1) is 12.6 Å². The van der Waals surface area contributed by atoms with Crippen molar-refractivity contribution in [3.63, 3.8) is 0 Å². The fourth-order valence-corrected chi connectivity index (χ4v) is 2.04. The summed E-state index contributed by atoms with van der Waals surface area (Å²) in [6.07, 6.45) is 0. The van der Waals surface area contributed by atoms with Crippen molar-refractivity contribution in [1.82, 2.24) is 4.98 Å². The standard InChI is InChI=1S/C13H12ClNO2/c1-7-4-12(17-3)11-6-9(14)5-10(8(2)16)13(11)15-7/h4-6H,1-3H3. The highest BCUT2D eigenvalue weighted by atomic mass is 35.5. The van der Waals surface area contributed by atoms with Gasteiger partial charge in [0.25, 0.3) is 0 Å². The van der Waals surface area contributed by atoms with Gasteiger partial charge in [-0.2, -0.15) is 0 Å². The molecule has 0 N–H and O–H groups in total. The predicted octanol–water partition coefficient (Wildman–Crippen LogP) is 3.41. The lowest BCUT2D eigenvalue weighted by molar-refractivity contribution is 0.101. The van der Waals surface area contributed by atoms with Crippen LogP contribution in [0.25, 0.3) is 10.9 Å². The Hall–Kier alpha value is -1.61. The van der Waals surface area contributed by atoms with Crippen molar-refractivity contribution >= 4 is 28.3 Å². The molecule has 0 aliphatic carbocycles. The number of Topliss-reactive ketones (excluding diaryl/α,β-unsaturated/α-hetero) is 1. The van der Waals surface area contributed by atoms with Crippen molar-refractivity contribution in [3.05, 3.63) is 34.5 Å². The van der Waals surface area contributed by atoms with Crippen LogP contribution in [0.1, 0.15) is 23.0 Å². The van der Waals surface area contributed by atoms with E-state index in [1.807, 2.05) is 13.0 Å². The number of pyridine rings is 1. The molecular weight excluding hydrogens is 238 g/mol. The van der Waals surface area contributed by atoms with Crippen LogP contribution in [-0.4, -0.2) is 17.9 Å². The summed E-state index contributed by atoms with van der Waals surface area (Å²) in [5.74, 6) is 0.621. The van der Waals surface area contributed by atoms with E-state index in [4.69, 9.17) is 16.3 Å². The molecule has 3 nitrogen and oxygen atoms in total. The molecule has 0 unspecified atom stereocenters. The number of hydrogen-bond acceptors (Lipinski definition) is 3. The molecule has 0 spiro atoms. The minimum absolute atomic E-state index is 0.0577. The molecule has 0 aliphatic rings. The number of ketones is 1. The minimum atomic E-state index is -0.0577. The molecule has 4 heteroatoms. The number of carbonyl (C=O) groups is 1. The molecule has 0 saturated carbocycles. The molecule has 0 radical (unpaired) electrons. The number of halogens is 1. The van der Waals surface area contributed by atoms with Gasteiger partial charge in [-0.25, -0.2) is 0 Å². The average Bonchev–Trinajstić information content (AvgIpc) is 2.27.